The number of thioether (sulfide) groups is 2. The number of hydrogen-bond acceptors (Lipinski definition) is 9. The highest BCUT2D eigenvalue weighted by Gasteiger charge is 2.53. The molecule has 162 valence electrons. The molecule has 1 saturated heterocycles. The molecular formula is C17H18ClFN4O4S3. The molecule has 1 N–H and O–H groups in total. The van der Waals surface area contributed by atoms with E-state index in [0.29, 0.717) is 16.5 Å². The molecule has 1 aromatic rings. The van der Waals surface area contributed by atoms with Gasteiger partial charge in [0.25, 0.3) is 11.8 Å². The van der Waals surface area contributed by atoms with Crippen molar-refractivity contribution in [3.63, 3.8) is 0 Å². The fraction of sp³-hybridized carbons (Fsp3) is 0.471. The van der Waals surface area contributed by atoms with Crippen molar-refractivity contribution >= 4 is 69.8 Å². The Hall–Kier alpha value is -1.63. The van der Waals surface area contributed by atoms with E-state index < -0.39 is 24.0 Å². The second-order valence-electron chi connectivity index (χ2n) is 6.21. The average molecular weight is 493 g/mol. The second kappa shape index (κ2) is 9.67. The fourth-order valence-corrected chi connectivity index (χ4v) is 6.39. The van der Waals surface area contributed by atoms with Crippen LogP contribution in [0.1, 0.15) is 17.6 Å². The molecule has 2 atom stereocenters. The molecule has 0 bridgehead atoms. The van der Waals surface area contributed by atoms with Gasteiger partial charge in [-0.2, -0.15) is 0 Å². The van der Waals surface area contributed by atoms with Crippen LogP contribution in [0.5, 0.6) is 0 Å². The zero-order valence-corrected chi connectivity index (χ0v) is 19.4. The molecule has 2 aliphatic heterocycles. The van der Waals surface area contributed by atoms with Crippen molar-refractivity contribution in [2.24, 2.45) is 5.16 Å². The number of halogens is 2. The van der Waals surface area contributed by atoms with E-state index in [9.17, 15) is 18.8 Å². The number of rotatable bonds is 8. The average Bonchev–Trinajstić information content (AvgIpc) is 3.05. The Balaban J connectivity index is 1.81. The van der Waals surface area contributed by atoms with Gasteiger partial charge in [0.15, 0.2) is 11.5 Å². The topological polar surface area (TPSA) is 101 Å². The number of β-lactam (4-membered cyclic amide) rings is 1. The molecule has 3 heterocycles. The van der Waals surface area contributed by atoms with Gasteiger partial charge < -0.3 is 10.2 Å². The van der Waals surface area contributed by atoms with E-state index in [2.05, 4.69) is 15.5 Å². The van der Waals surface area contributed by atoms with Crippen LogP contribution < -0.4 is 5.32 Å². The summed E-state index contributed by atoms with van der Waals surface area (Å²) in [7, 11) is 0. The molecule has 0 radical (unpaired) electrons. The number of nitrogens with zero attached hydrogens (tertiary/aromatic N) is 3. The van der Waals surface area contributed by atoms with Gasteiger partial charge in [0.05, 0.1) is 10.7 Å². The van der Waals surface area contributed by atoms with Crippen LogP contribution in [0.25, 0.3) is 0 Å². The number of carbonyl (C=O) groups is 3. The van der Waals surface area contributed by atoms with E-state index in [4.69, 9.17) is 16.4 Å². The smallest absolute Gasteiger partial charge is 0.276 e. The van der Waals surface area contributed by atoms with Gasteiger partial charge >= 0.3 is 0 Å². The molecule has 2 amide bonds. The highest BCUT2D eigenvalue weighted by Crippen LogP contribution is 2.43. The van der Waals surface area contributed by atoms with Gasteiger partial charge in [-0.1, -0.05) is 16.8 Å². The lowest BCUT2D eigenvalue weighted by Gasteiger charge is -2.49. The maximum Gasteiger partial charge on any atom is 0.276 e. The minimum absolute atomic E-state index is 0.101. The summed E-state index contributed by atoms with van der Waals surface area (Å²) in [6, 6.07) is -0.842. The van der Waals surface area contributed by atoms with E-state index >= 15 is 0 Å². The Morgan fingerprint density at radius 3 is 2.80 bits per heavy atom. The number of fused-ring (bicyclic) bond motifs is 1. The quantitative estimate of drug-likeness (QED) is 0.257. The van der Waals surface area contributed by atoms with Crippen LogP contribution in [0.2, 0.25) is 4.34 Å². The Bertz CT molecular complexity index is 951. The predicted molar refractivity (Wildman–Crippen MR) is 117 cm³/mol. The van der Waals surface area contributed by atoms with Crippen LogP contribution in [0.4, 0.5) is 4.39 Å². The van der Waals surface area contributed by atoms with Crippen molar-refractivity contribution in [2.45, 2.75) is 25.3 Å². The lowest BCUT2D eigenvalue weighted by atomic mass is 10.0. The number of aryl methyl sites for hydroxylation is 1. The lowest BCUT2D eigenvalue weighted by molar-refractivity contribution is -0.146. The lowest BCUT2D eigenvalue weighted by Crippen LogP contribution is -2.70. The van der Waals surface area contributed by atoms with Crippen molar-refractivity contribution < 1.29 is 23.6 Å². The van der Waals surface area contributed by atoms with Gasteiger partial charge in [0.2, 0.25) is 0 Å². The number of hydrogen-bond donors (Lipinski definition) is 1. The summed E-state index contributed by atoms with van der Waals surface area (Å²) in [5.74, 6) is -0.742. The highest BCUT2D eigenvalue weighted by molar-refractivity contribution is 8.05. The molecule has 1 fully saturated rings. The maximum atomic E-state index is 12.9. The standard InChI is InChI=1S/C17H18ClFN4O4S3/c1-7(24)13-9(28-3)6-29-17-12(16(26)23(13)17)21-15(25)11(22-27-5-4-19)10-14(18)30-8(2)20-10/h12,17H,4-6H2,1-3H3,(H,21,25)/b22-11+/t12-,17-/m1/s1. The number of thiazole rings is 1. The fourth-order valence-electron chi connectivity index (χ4n) is 2.99. The maximum absolute atomic E-state index is 12.9. The van der Waals surface area contributed by atoms with Crippen molar-refractivity contribution in [3.05, 3.63) is 25.6 Å². The van der Waals surface area contributed by atoms with Gasteiger partial charge in [-0.3, -0.25) is 19.3 Å². The number of nitrogens with one attached hydrogen (secondary N) is 1. The van der Waals surface area contributed by atoms with Crippen LogP contribution in [0.15, 0.2) is 15.8 Å². The van der Waals surface area contributed by atoms with E-state index in [0.717, 1.165) is 16.2 Å². The van der Waals surface area contributed by atoms with Crippen LogP contribution in [0, 0.1) is 6.92 Å². The van der Waals surface area contributed by atoms with Crippen LogP contribution >= 0.6 is 46.5 Å². The molecule has 2 aliphatic rings. The summed E-state index contributed by atoms with van der Waals surface area (Å²) in [5, 5.41) is 6.52. The second-order valence-corrected chi connectivity index (χ2v) is 10.0. The first-order valence-electron chi connectivity index (χ1n) is 8.73. The monoisotopic (exact) mass is 492 g/mol. The number of alkyl halides is 1. The third kappa shape index (κ3) is 4.36. The first-order valence-corrected chi connectivity index (χ1v) is 12.2. The Labute approximate surface area is 189 Å². The SMILES string of the molecule is CSC1=C(C(C)=O)N2C(=O)[C@@H](NC(=O)/C(=N/OCCF)c3nc(C)sc3Cl)[C@H]2SC1. The summed E-state index contributed by atoms with van der Waals surface area (Å²) in [6.07, 6.45) is 1.85. The minimum atomic E-state index is -0.842. The third-order valence-electron chi connectivity index (χ3n) is 4.26. The number of carbonyl (C=O) groups excluding carboxylic acids is 3. The molecule has 0 aliphatic carbocycles. The largest absolute Gasteiger partial charge is 0.392 e. The van der Waals surface area contributed by atoms with E-state index in [1.165, 1.54) is 35.3 Å². The summed E-state index contributed by atoms with van der Waals surface area (Å²) in [5.41, 5.74) is 0.238. The molecule has 30 heavy (non-hydrogen) atoms. The molecule has 0 aromatic carbocycles. The molecule has 8 nitrogen and oxygen atoms in total. The first kappa shape index (κ1) is 23.0. The molecule has 0 saturated carbocycles. The molecule has 0 spiro atoms. The summed E-state index contributed by atoms with van der Waals surface area (Å²) in [6.45, 7) is 2.01. The highest BCUT2D eigenvalue weighted by atomic mass is 35.5. The van der Waals surface area contributed by atoms with Gasteiger partial charge in [0, 0.05) is 17.6 Å². The van der Waals surface area contributed by atoms with Gasteiger partial charge in [-0.25, -0.2) is 9.37 Å². The van der Waals surface area contributed by atoms with E-state index in [1.807, 2.05) is 6.26 Å². The molecule has 3 rings (SSSR count). The van der Waals surface area contributed by atoms with Crippen LogP contribution in [-0.2, 0) is 19.2 Å². The van der Waals surface area contributed by atoms with Crippen molar-refractivity contribution in [1.82, 2.24) is 15.2 Å². The Kier molecular flexibility index (Phi) is 7.43. The zero-order chi connectivity index (χ0) is 22.0. The summed E-state index contributed by atoms with van der Waals surface area (Å²) < 4.78 is 12.6. The number of Topliss-reactive ketones (excluding diaryl/α,β-unsaturated/α-hetero) is 1. The summed E-state index contributed by atoms with van der Waals surface area (Å²) >= 11 is 10.2. The molecule has 1 aromatic heterocycles. The van der Waals surface area contributed by atoms with Gasteiger partial charge in [-0.05, 0) is 13.2 Å². The third-order valence-corrected chi connectivity index (χ3v) is 7.72. The van der Waals surface area contributed by atoms with Crippen molar-refractivity contribution in [2.75, 3.05) is 25.3 Å². The molecular weight excluding hydrogens is 475 g/mol. The minimum Gasteiger partial charge on any atom is -0.392 e. The van der Waals surface area contributed by atoms with Crippen molar-refractivity contribution in [3.8, 4) is 0 Å². The number of oxime groups is 1. The predicted octanol–water partition coefficient (Wildman–Crippen LogP) is 2.36. The summed E-state index contributed by atoms with van der Waals surface area (Å²) in [4.78, 5) is 49.0. The number of ketones is 1. The Morgan fingerprint density at radius 1 is 1.50 bits per heavy atom. The number of allylic oxidation sites excluding steroid dienone is 1. The zero-order valence-electron chi connectivity index (χ0n) is 16.2. The Morgan fingerprint density at radius 2 is 2.23 bits per heavy atom. The van der Waals surface area contributed by atoms with Gasteiger partial charge in [-0.15, -0.1) is 34.9 Å². The molecule has 13 heteroatoms. The van der Waals surface area contributed by atoms with Gasteiger partial charge in [0.1, 0.15) is 34.7 Å². The van der Waals surface area contributed by atoms with Crippen LogP contribution in [0.3, 0.4) is 0 Å². The van der Waals surface area contributed by atoms with E-state index in [1.54, 1.807) is 6.92 Å². The van der Waals surface area contributed by atoms with Crippen LogP contribution in [-0.4, -0.2) is 69.9 Å². The van der Waals surface area contributed by atoms with Crippen molar-refractivity contribution in [1.29, 1.82) is 0 Å². The number of amides is 2. The normalized spacial score (nSPS) is 21.3. The number of aromatic nitrogens is 1. The molecule has 0 unspecified atom stereocenters. The van der Waals surface area contributed by atoms with E-state index in [-0.39, 0.29) is 34.0 Å². The first-order chi connectivity index (χ1) is 14.3.